The van der Waals surface area contributed by atoms with Crippen LogP contribution in [0.3, 0.4) is 0 Å². The fourth-order valence-corrected chi connectivity index (χ4v) is 2.49. The second-order valence-corrected chi connectivity index (χ2v) is 5.31. The van der Waals surface area contributed by atoms with Crippen LogP contribution in [0.15, 0.2) is 23.1 Å². The molecule has 1 rings (SSSR count). The molecule has 0 unspecified atom stereocenters. The van der Waals surface area contributed by atoms with E-state index < -0.39 is 17.9 Å². The number of hydrogen-bond donors (Lipinski definition) is 3. The van der Waals surface area contributed by atoms with Crippen molar-refractivity contribution in [1.82, 2.24) is 5.32 Å². The first kappa shape index (κ1) is 20.8. The Morgan fingerprint density at radius 2 is 1.91 bits per heavy atom. The summed E-state index contributed by atoms with van der Waals surface area (Å²) in [5, 5.41) is 25.4. The minimum absolute atomic E-state index is 0. The summed E-state index contributed by atoms with van der Waals surface area (Å²) < 4.78 is 0. The van der Waals surface area contributed by atoms with Crippen LogP contribution in [-0.4, -0.2) is 34.7 Å². The smallest absolute Gasteiger partial charge is 0.548 e. The van der Waals surface area contributed by atoms with E-state index in [1.54, 1.807) is 0 Å². The second-order valence-electron chi connectivity index (χ2n) is 4.25. The van der Waals surface area contributed by atoms with E-state index in [0.29, 0.717) is 10.6 Å². The number of thioether (sulfide) groups is 1. The van der Waals surface area contributed by atoms with Gasteiger partial charge in [-0.15, -0.1) is 11.8 Å². The van der Waals surface area contributed by atoms with Gasteiger partial charge < -0.3 is 25.6 Å². The molecular formula is C13H15N2NaO5S. The van der Waals surface area contributed by atoms with Gasteiger partial charge in [0, 0.05) is 25.3 Å². The molecule has 0 heterocycles. The Hall–Kier alpha value is -1.22. The van der Waals surface area contributed by atoms with Crippen molar-refractivity contribution in [3.8, 4) is 5.75 Å². The fraction of sp³-hybridized carbons (Fsp3) is 0.308. The summed E-state index contributed by atoms with van der Waals surface area (Å²) in [6.07, 6.45) is 0. The van der Waals surface area contributed by atoms with Crippen molar-refractivity contribution in [2.24, 2.45) is 0 Å². The minimum atomic E-state index is -1.41. The van der Waals surface area contributed by atoms with E-state index >= 15 is 0 Å². The molecule has 3 N–H and O–H groups in total. The molecule has 0 saturated carbocycles. The molecule has 2 amide bonds. The summed E-state index contributed by atoms with van der Waals surface area (Å²) in [6.45, 7) is 2.55. The number of phenols is 1. The standard InChI is InChI=1S/C13H16N2O5S.Na/c1-7(16)14-9-3-4-11(18)12(5-9)21-6-10(13(19)20)15-8(2)17;/h3-5,10,18H,6H2,1-2H3,(H,14,16)(H,15,17)(H,19,20);/q;+1/p-1/t10-;/m0./s1. The van der Waals surface area contributed by atoms with Gasteiger partial charge in [0.2, 0.25) is 11.8 Å². The number of amides is 2. The molecule has 0 radical (unpaired) electrons. The molecule has 7 nitrogen and oxygen atoms in total. The number of hydrogen-bond acceptors (Lipinski definition) is 6. The van der Waals surface area contributed by atoms with Crippen molar-refractivity contribution < 1.29 is 54.2 Å². The van der Waals surface area contributed by atoms with E-state index in [-0.39, 0.29) is 47.0 Å². The summed E-state index contributed by atoms with van der Waals surface area (Å²) in [5.74, 6) is -2.22. The van der Waals surface area contributed by atoms with E-state index in [1.807, 2.05) is 0 Å². The zero-order valence-electron chi connectivity index (χ0n) is 12.5. The number of nitrogens with one attached hydrogen (secondary N) is 2. The van der Waals surface area contributed by atoms with Gasteiger partial charge in [-0.1, -0.05) is 0 Å². The van der Waals surface area contributed by atoms with Gasteiger partial charge in [0.05, 0.1) is 16.9 Å². The molecule has 114 valence electrons. The predicted octanol–water partition coefficient (Wildman–Crippen LogP) is -3.30. The summed E-state index contributed by atoms with van der Waals surface area (Å²) >= 11 is 1.03. The van der Waals surface area contributed by atoms with Crippen molar-refractivity contribution in [2.45, 2.75) is 24.8 Å². The third-order valence-electron chi connectivity index (χ3n) is 2.35. The van der Waals surface area contributed by atoms with Gasteiger partial charge in [-0.05, 0) is 18.2 Å². The summed E-state index contributed by atoms with van der Waals surface area (Å²) in [4.78, 5) is 33.2. The number of rotatable bonds is 6. The van der Waals surface area contributed by atoms with Crippen molar-refractivity contribution in [2.75, 3.05) is 11.1 Å². The van der Waals surface area contributed by atoms with Gasteiger partial charge >= 0.3 is 29.6 Å². The first-order valence-electron chi connectivity index (χ1n) is 6.01. The number of carbonyl (C=O) groups is 3. The van der Waals surface area contributed by atoms with Crippen LogP contribution >= 0.6 is 11.8 Å². The average Bonchev–Trinajstić information content (AvgIpc) is 2.36. The predicted molar refractivity (Wildman–Crippen MR) is 75.7 cm³/mol. The Bertz CT molecular complexity index is 567. The molecule has 0 spiro atoms. The number of aliphatic carboxylic acids is 1. The summed E-state index contributed by atoms with van der Waals surface area (Å²) in [7, 11) is 0. The molecule has 22 heavy (non-hydrogen) atoms. The Morgan fingerprint density at radius 3 is 2.41 bits per heavy atom. The van der Waals surface area contributed by atoms with Gasteiger partial charge in [0.15, 0.2) is 0 Å². The number of carboxylic acid groups (broad SMARTS) is 1. The molecule has 0 bridgehead atoms. The molecule has 0 aliphatic rings. The molecule has 0 fully saturated rings. The maximum absolute atomic E-state index is 11.0. The molecule has 0 aromatic heterocycles. The van der Waals surface area contributed by atoms with Crippen LogP contribution in [0.2, 0.25) is 0 Å². The maximum Gasteiger partial charge on any atom is 1.00 e. The number of carboxylic acids is 1. The Labute approximate surface area is 154 Å². The molecule has 9 heteroatoms. The average molecular weight is 334 g/mol. The molecule has 0 aliphatic carbocycles. The topological polar surface area (TPSA) is 119 Å². The molecule has 0 saturated heterocycles. The number of phenolic OH excluding ortho intramolecular Hbond substituents is 1. The quantitative estimate of drug-likeness (QED) is 0.285. The van der Waals surface area contributed by atoms with Crippen LogP contribution in [0.4, 0.5) is 5.69 Å². The minimum Gasteiger partial charge on any atom is -0.548 e. The zero-order valence-corrected chi connectivity index (χ0v) is 15.3. The van der Waals surface area contributed by atoms with Crippen LogP contribution in [0, 0.1) is 0 Å². The van der Waals surface area contributed by atoms with Crippen molar-refractivity contribution >= 4 is 35.2 Å². The van der Waals surface area contributed by atoms with E-state index in [9.17, 15) is 24.6 Å². The molecule has 0 aliphatic heterocycles. The number of aromatic hydroxyl groups is 1. The zero-order chi connectivity index (χ0) is 16.0. The number of anilines is 1. The van der Waals surface area contributed by atoms with E-state index in [1.165, 1.54) is 32.0 Å². The molecular weight excluding hydrogens is 319 g/mol. The van der Waals surface area contributed by atoms with E-state index in [4.69, 9.17) is 0 Å². The van der Waals surface area contributed by atoms with E-state index in [0.717, 1.165) is 11.8 Å². The third kappa shape index (κ3) is 7.17. The summed E-state index contributed by atoms with van der Waals surface area (Å²) in [5.41, 5.74) is 0.479. The monoisotopic (exact) mass is 334 g/mol. The van der Waals surface area contributed by atoms with E-state index in [2.05, 4.69) is 10.6 Å². The Balaban J connectivity index is 0.00000441. The molecule has 1 aromatic rings. The van der Waals surface area contributed by atoms with Crippen molar-refractivity contribution in [1.29, 1.82) is 0 Å². The fourth-order valence-electron chi connectivity index (χ4n) is 1.50. The Morgan fingerprint density at radius 1 is 1.27 bits per heavy atom. The first-order chi connectivity index (χ1) is 9.79. The van der Waals surface area contributed by atoms with Crippen molar-refractivity contribution in [3.05, 3.63) is 18.2 Å². The van der Waals surface area contributed by atoms with Crippen LogP contribution in [-0.2, 0) is 14.4 Å². The van der Waals surface area contributed by atoms with Crippen LogP contribution in [0.1, 0.15) is 13.8 Å². The molecule has 1 aromatic carbocycles. The van der Waals surface area contributed by atoms with Crippen LogP contribution in [0.5, 0.6) is 5.75 Å². The molecule has 1 atom stereocenters. The van der Waals surface area contributed by atoms with Gasteiger partial charge in [-0.25, -0.2) is 0 Å². The third-order valence-corrected chi connectivity index (χ3v) is 3.49. The first-order valence-corrected chi connectivity index (χ1v) is 6.99. The van der Waals surface area contributed by atoms with Gasteiger partial charge in [0.1, 0.15) is 5.75 Å². The largest absolute Gasteiger partial charge is 1.00 e. The number of carbonyl (C=O) groups excluding carboxylic acids is 3. The maximum atomic E-state index is 11.0. The van der Waals surface area contributed by atoms with Crippen LogP contribution in [0.25, 0.3) is 0 Å². The normalized spacial score (nSPS) is 11.0. The van der Waals surface area contributed by atoms with Gasteiger partial charge in [-0.3, -0.25) is 9.59 Å². The van der Waals surface area contributed by atoms with Gasteiger partial charge in [-0.2, -0.15) is 0 Å². The Kier molecular flexibility index (Phi) is 9.19. The summed E-state index contributed by atoms with van der Waals surface area (Å²) in [6, 6.07) is 3.25. The van der Waals surface area contributed by atoms with Gasteiger partial charge in [0.25, 0.3) is 0 Å². The number of benzene rings is 1. The van der Waals surface area contributed by atoms with Crippen molar-refractivity contribution in [3.63, 3.8) is 0 Å². The second kappa shape index (κ2) is 9.73. The van der Waals surface area contributed by atoms with Crippen LogP contribution < -0.4 is 45.3 Å². The SMILES string of the molecule is CC(=O)Nc1ccc(O)c(SC[C@H](NC(C)=O)C(=O)[O-])c1.[Na+].